The van der Waals surface area contributed by atoms with Crippen molar-refractivity contribution in [1.82, 2.24) is 20.3 Å². The third kappa shape index (κ3) is 6.59. The number of hydrogen-bond acceptors (Lipinski definition) is 10. The standard InChI is InChI=1S/C38H41ClFN5O8/c1-50-28-16-26-31(34(46)24(38(48)49)18-45(26)22-11-12-22)32(40)33(28)43-17-20-8-7-13-44(27(20)19-43)36(41-42-37(47)23-9-5-6-10-25(23)39)21-14-29(51-2)35(53-4)30(15-21)52-3/h5-6,9-10,14-16,18,20,22,27,36,41H,7-8,11-13,17,19H2,1-4H3,(H,42,47)(H,48,49). The average Bonchev–Trinajstić information content (AvgIpc) is 3.91. The van der Waals surface area contributed by atoms with Crippen LogP contribution >= 0.6 is 11.6 Å². The zero-order valence-electron chi connectivity index (χ0n) is 29.8. The van der Waals surface area contributed by atoms with Gasteiger partial charge in [-0.1, -0.05) is 23.7 Å². The molecule has 3 heterocycles. The van der Waals surface area contributed by atoms with Gasteiger partial charge in [0.15, 0.2) is 17.3 Å². The van der Waals surface area contributed by atoms with E-state index in [0.717, 1.165) is 25.7 Å². The van der Waals surface area contributed by atoms with E-state index in [1.807, 2.05) is 17.0 Å². The van der Waals surface area contributed by atoms with Gasteiger partial charge in [0.25, 0.3) is 5.91 Å². The number of likely N-dealkylation sites (tertiary alicyclic amines) is 1. The van der Waals surface area contributed by atoms with Gasteiger partial charge in [-0.2, -0.15) is 0 Å². The van der Waals surface area contributed by atoms with Crippen molar-refractivity contribution in [3.63, 3.8) is 0 Å². The molecule has 53 heavy (non-hydrogen) atoms. The normalized spacial score (nSPS) is 19.1. The number of hydrogen-bond donors (Lipinski definition) is 3. The van der Waals surface area contributed by atoms with E-state index in [0.29, 0.717) is 58.5 Å². The number of amides is 1. The van der Waals surface area contributed by atoms with Gasteiger partial charge in [-0.25, -0.2) is 14.6 Å². The van der Waals surface area contributed by atoms with Crippen LogP contribution < -0.4 is 40.1 Å². The Kier molecular flexibility index (Phi) is 10.1. The molecule has 1 saturated carbocycles. The lowest BCUT2D eigenvalue weighted by Gasteiger charge is -2.42. The predicted octanol–water partition coefficient (Wildman–Crippen LogP) is 5.40. The molecular formula is C38H41ClFN5O8. The summed E-state index contributed by atoms with van der Waals surface area (Å²) in [5.74, 6) is -1.08. The maximum absolute atomic E-state index is 16.9. The highest BCUT2D eigenvalue weighted by Crippen LogP contribution is 2.46. The van der Waals surface area contributed by atoms with Crippen molar-refractivity contribution in [3.8, 4) is 23.0 Å². The molecule has 1 aliphatic carbocycles. The van der Waals surface area contributed by atoms with Crippen molar-refractivity contribution in [2.75, 3.05) is 53.0 Å². The molecule has 15 heteroatoms. The molecule has 3 aromatic carbocycles. The van der Waals surface area contributed by atoms with Gasteiger partial charge in [-0.15, -0.1) is 0 Å². The van der Waals surface area contributed by atoms with Crippen LogP contribution in [0, 0.1) is 11.7 Å². The Morgan fingerprint density at radius 1 is 0.943 bits per heavy atom. The number of nitrogens with zero attached hydrogens (tertiary/aromatic N) is 3. The van der Waals surface area contributed by atoms with Crippen LogP contribution in [0.1, 0.15) is 64.2 Å². The largest absolute Gasteiger partial charge is 0.494 e. The molecule has 13 nitrogen and oxygen atoms in total. The van der Waals surface area contributed by atoms with Gasteiger partial charge in [0, 0.05) is 44.0 Å². The molecule has 3 aliphatic rings. The maximum Gasteiger partial charge on any atom is 0.341 e. The number of rotatable bonds is 12. The van der Waals surface area contributed by atoms with E-state index in [1.165, 1.54) is 34.6 Å². The van der Waals surface area contributed by atoms with Crippen molar-refractivity contribution in [1.29, 1.82) is 0 Å². The van der Waals surface area contributed by atoms with E-state index < -0.39 is 34.9 Å². The summed E-state index contributed by atoms with van der Waals surface area (Å²) in [5.41, 5.74) is 6.15. The number of carboxylic acids is 1. The van der Waals surface area contributed by atoms with Crippen LogP contribution in [-0.2, 0) is 0 Å². The Hall–Kier alpha value is -5.05. The molecule has 0 radical (unpaired) electrons. The minimum atomic E-state index is -1.40. The number of hydrazine groups is 1. The van der Waals surface area contributed by atoms with Crippen LogP contribution in [-0.4, -0.2) is 80.6 Å². The Morgan fingerprint density at radius 2 is 1.64 bits per heavy atom. The summed E-state index contributed by atoms with van der Waals surface area (Å²) >= 11 is 6.35. The molecule has 4 aromatic rings. The number of halogens is 2. The van der Waals surface area contributed by atoms with Crippen molar-refractivity contribution >= 4 is 40.1 Å². The number of pyridine rings is 1. The fraction of sp³-hybridized carbons (Fsp3) is 0.395. The fourth-order valence-corrected chi connectivity index (χ4v) is 8.09. The first-order valence-electron chi connectivity index (χ1n) is 17.4. The molecule has 3 atom stereocenters. The van der Waals surface area contributed by atoms with Gasteiger partial charge in [0.05, 0.1) is 49.9 Å². The van der Waals surface area contributed by atoms with Gasteiger partial charge in [0.1, 0.15) is 23.2 Å². The van der Waals surface area contributed by atoms with E-state index >= 15 is 4.39 Å². The highest BCUT2D eigenvalue weighted by atomic mass is 35.5. The molecule has 3 N–H and O–H groups in total. The second-order valence-electron chi connectivity index (χ2n) is 13.5. The minimum absolute atomic E-state index is 0.0209. The summed E-state index contributed by atoms with van der Waals surface area (Å²) < 4.78 is 41.3. The summed E-state index contributed by atoms with van der Waals surface area (Å²) in [7, 11) is 6.03. The van der Waals surface area contributed by atoms with E-state index in [4.69, 9.17) is 30.5 Å². The van der Waals surface area contributed by atoms with Crippen LogP contribution in [0.3, 0.4) is 0 Å². The highest BCUT2D eigenvalue weighted by Gasteiger charge is 2.44. The second-order valence-corrected chi connectivity index (χ2v) is 13.9. The first kappa shape index (κ1) is 36.3. The maximum atomic E-state index is 16.9. The quantitative estimate of drug-likeness (QED) is 0.160. The average molecular weight is 750 g/mol. The van der Waals surface area contributed by atoms with Gasteiger partial charge < -0.3 is 33.5 Å². The van der Waals surface area contributed by atoms with Crippen molar-refractivity contribution < 1.29 is 38.0 Å². The number of carbonyl (C=O) groups excluding carboxylic acids is 1. The second kappa shape index (κ2) is 14.8. The number of carbonyl (C=O) groups is 2. The van der Waals surface area contributed by atoms with Crippen LogP contribution in [0.5, 0.6) is 23.0 Å². The molecule has 1 aromatic heterocycles. The fourth-order valence-electron chi connectivity index (χ4n) is 7.86. The minimum Gasteiger partial charge on any atom is -0.494 e. The number of benzene rings is 3. The topological polar surface area (TPSA) is 144 Å². The van der Waals surface area contributed by atoms with Crippen molar-refractivity contribution in [2.45, 2.75) is 43.9 Å². The molecule has 2 aliphatic heterocycles. The first-order valence-corrected chi connectivity index (χ1v) is 17.8. The third-order valence-electron chi connectivity index (χ3n) is 10.5. The summed E-state index contributed by atoms with van der Waals surface area (Å²) in [6, 6.07) is 11.8. The summed E-state index contributed by atoms with van der Waals surface area (Å²) in [6.45, 7) is 1.42. The number of anilines is 1. The molecule has 1 amide bonds. The molecular weight excluding hydrogens is 709 g/mol. The summed E-state index contributed by atoms with van der Waals surface area (Å²) in [6.07, 6.45) is 3.94. The smallest absolute Gasteiger partial charge is 0.341 e. The number of aromatic carboxylic acids is 1. The Labute approximate surface area is 310 Å². The molecule has 0 spiro atoms. The van der Waals surface area contributed by atoms with E-state index in [-0.39, 0.29) is 34.8 Å². The van der Waals surface area contributed by atoms with E-state index in [1.54, 1.807) is 34.9 Å². The van der Waals surface area contributed by atoms with Crippen LogP contribution in [0.25, 0.3) is 10.9 Å². The highest BCUT2D eigenvalue weighted by molar-refractivity contribution is 6.33. The molecule has 2 saturated heterocycles. The van der Waals surface area contributed by atoms with Gasteiger partial charge in [-0.3, -0.25) is 19.9 Å². The lowest BCUT2D eigenvalue weighted by Crippen LogP contribution is -2.54. The number of ether oxygens (including phenoxy) is 4. The van der Waals surface area contributed by atoms with E-state index in [2.05, 4.69) is 15.8 Å². The molecule has 280 valence electrons. The van der Waals surface area contributed by atoms with E-state index in [9.17, 15) is 19.5 Å². The number of fused-ring (bicyclic) bond motifs is 2. The Morgan fingerprint density at radius 3 is 2.26 bits per heavy atom. The van der Waals surface area contributed by atoms with Crippen LogP contribution in [0.2, 0.25) is 5.02 Å². The lowest BCUT2D eigenvalue weighted by molar-refractivity contribution is 0.0484. The summed E-state index contributed by atoms with van der Waals surface area (Å²) in [4.78, 5) is 43.1. The van der Waals surface area contributed by atoms with Gasteiger partial charge >= 0.3 is 5.97 Å². The van der Waals surface area contributed by atoms with Crippen LogP contribution in [0.15, 0.2) is 53.5 Å². The molecule has 0 bridgehead atoms. The number of carboxylic acid groups (broad SMARTS) is 1. The zero-order valence-corrected chi connectivity index (χ0v) is 30.5. The predicted molar refractivity (Wildman–Crippen MR) is 196 cm³/mol. The van der Waals surface area contributed by atoms with Crippen LogP contribution in [0.4, 0.5) is 10.1 Å². The molecule has 7 rings (SSSR count). The zero-order chi connectivity index (χ0) is 37.6. The molecule has 3 fully saturated rings. The molecule has 3 unspecified atom stereocenters. The van der Waals surface area contributed by atoms with Gasteiger partial charge in [-0.05, 0) is 61.4 Å². The van der Waals surface area contributed by atoms with Crippen molar-refractivity contribution in [2.24, 2.45) is 5.92 Å². The summed E-state index contributed by atoms with van der Waals surface area (Å²) in [5, 5.41) is 9.89. The number of aromatic nitrogens is 1. The Bertz CT molecular complexity index is 2120. The monoisotopic (exact) mass is 749 g/mol. The van der Waals surface area contributed by atoms with Crippen molar-refractivity contribution in [3.05, 3.63) is 86.4 Å². The third-order valence-corrected chi connectivity index (χ3v) is 10.8. The first-order chi connectivity index (χ1) is 25.6. The SMILES string of the molecule is COc1cc(C(NNC(=O)c2ccccc2Cl)N2CCCC3CN(c4c(OC)cc5c(c4F)c(=O)c(C(=O)O)cn5C4CC4)CC32)cc(OC)c1OC. The Balaban J connectivity index is 1.28. The van der Waals surface area contributed by atoms with Gasteiger partial charge in [0.2, 0.25) is 11.2 Å². The number of methoxy groups -OCH3 is 4. The lowest BCUT2D eigenvalue weighted by atomic mass is 9.91. The number of piperidine rings is 1. The number of nitrogens with one attached hydrogen (secondary N) is 2.